The molecule has 0 fully saturated rings. The van der Waals surface area contributed by atoms with Crippen LogP contribution < -0.4 is 4.74 Å². The number of para-hydroxylation sites is 1. The Morgan fingerprint density at radius 1 is 0.640 bits per heavy atom. The molecule has 0 heterocycles. The minimum Gasteiger partial charge on any atom is -0.478 e. The lowest BCUT2D eigenvalue weighted by atomic mass is 9.84. The Morgan fingerprint density at radius 3 is 1.68 bits per heavy atom. The summed E-state index contributed by atoms with van der Waals surface area (Å²) < 4.78 is 46.8. The fourth-order valence-electron chi connectivity index (χ4n) is 2.90. The SMILES string of the molecule is C[C@](Oc1ccccc1)(c1ccccc1)c1ccccc1C(F)(F)F. The Bertz CT molecular complexity index is 829. The van der Waals surface area contributed by atoms with Crippen LogP contribution in [0.15, 0.2) is 84.9 Å². The highest BCUT2D eigenvalue weighted by Crippen LogP contribution is 2.41. The van der Waals surface area contributed by atoms with Gasteiger partial charge in [0.1, 0.15) is 5.75 Å². The van der Waals surface area contributed by atoms with Crippen molar-refractivity contribution in [3.05, 3.63) is 102 Å². The van der Waals surface area contributed by atoms with Gasteiger partial charge in [-0.2, -0.15) is 13.2 Å². The highest BCUT2D eigenvalue weighted by Gasteiger charge is 2.41. The highest BCUT2D eigenvalue weighted by molar-refractivity contribution is 5.43. The van der Waals surface area contributed by atoms with Crippen molar-refractivity contribution >= 4 is 0 Å². The quantitative estimate of drug-likeness (QED) is 0.561. The molecule has 3 aromatic carbocycles. The second-order valence-corrected chi connectivity index (χ2v) is 5.86. The van der Waals surface area contributed by atoms with E-state index in [-0.39, 0.29) is 5.56 Å². The fraction of sp³-hybridized carbons (Fsp3) is 0.143. The second kappa shape index (κ2) is 6.63. The van der Waals surface area contributed by atoms with Crippen molar-refractivity contribution in [1.82, 2.24) is 0 Å². The summed E-state index contributed by atoms with van der Waals surface area (Å²) in [6, 6.07) is 23.4. The zero-order valence-corrected chi connectivity index (χ0v) is 13.6. The van der Waals surface area contributed by atoms with Gasteiger partial charge in [0.25, 0.3) is 0 Å². The zero-order valence-electron chi connectivity index (χ0n) is 13.6. The van der Waals surface area contributed by atoms with Gasteiger partial charge in [-0.3, -0.25) is 0 Å². The van der Waals surface area contributed by atoms with E-state index in [1.165, 1.54) is 12.1 Å². The van der Waals surface area contributed by atoms with E-state index in [0.717, 1.165) is 6.07 Å². The van der Waals surface area contributed by atoms with Gasteiger partial charge in [0.2, 0.25) is 0 Å². The third-order valence-corrected chi connectivity index (χ3v) is 4.14. The fourth-order valence-corrected chi connectivity index (χ4v) is 2.90. The summed E-state index contributed by atoms with van der Waals surface area (Å²) in [4.78, 5) is 0. The maximum absolute atomic E-state index is 13.6. The van der Waals surface area contributed by atoms with E-state index in [9.17, 15) is 13.2 Å². The molecule has 0 unspecified atom stereocenters. The van der Waals surface area contributed by atoms with E-state index in [1.807, 2.05) is 12.1 Å². The normalized spacial score (nSPS) is 13.9. The minimum atomic E-state index is -4.47. The molecule has 0 spiro atoms. The zero-order chi connectivity index (χ0) is 17.9. The number of ether oxygens (including phenoxy) is 1. The van der Waals surface area contributed by atoms with E-state index in [4.69, 9.17) is 4.74 Å². The van der Waals surface area contributed by atoms with E-state index < -0.39 is 17.3 Å². The Kier molecular flexibility index (Phi) is 4.53. The third kappa shape index (κ3) is 3.53. The average Bonchev–Trinajstić information content (AvgIpc) is 2.62. The summed E-state index contributed by atoms with van der Waals surface area (Å²) in [5, 5.41) is 0. The van der Waals surface area contributed by atoms with Gasteiger partial charge in [0.05, 0.1) is 5.56 Å². The Morgan fingerprint density at radius 2 is 1.12 bits per heavy atom. The number of hydrogen-bond donors (Lipinski definition) is 0. The number of alkyl halides is 3. The van der Waals surface area contributed by atoms with Crippen molar-refractivity contribution in [1.29, 1.82) is 0 Å². The van der Waals surface area contributed by atoms with Crippen molar-refractivity contribution in [3.63, 3.8) is 0 Å². The largest absolute Gasteiger partial charge is 0.478 e. The minimum absolute atomic E-state index is 0.0811. The van der Waals surface area contributed by atoms with Crippen molar-refractivity contribution in [2.24, 2.45) is 0 Å². The van der Waals surface area contributed by atoms with Crippen LogP contribution in [0.2, 0.25) is 0 Å². The smallest absolute Gasteiger partial charge is 0.416 e. The molecule has 0 aliphatic heterocycles. The molecule has 1 atom stereocenters. The lowest BCUT2D eigenvalue weighted by Gasteiger charge is -2.34. The standard InChI is InChI=1S/C21H17F3O/c1-20(16-10-4-2-5-11-16,25-17-12-6-3-7-13-17)18-14-8-9-15-19(18)21(22,23)24/h2-15H,1H3/t20-/m0/s1. The molecule has 0 amide bonds. The topological polar surface area (TPSA) is 9.23 Å². The summed E-state index contributed by atoms with van der Waals surface area (Å²) >= 11 is 0. The van der Waals surface area contributed by atoms with Crippen molar-refractivity contribution < 1.29 is 17.9 Å². The number of rotatable bonds is 4. The van der Waals surface area contributed by atoms with Crippen LogP contribution in [0.4, 0.5) is 13.2 Å². The summed E-state index contributed by atoms with van der Waals surface area (Å²) in [6.07, 6.45) is -4.47. The van der Waals surface area contributed by atoms with Crippen molar-refractivity contribution in [3.8, 4) is 5.75 Å². The van der Waals surface area contributed by atoms with Crippen LogP contribution in [0, 0.1) is 0 Å². The number of halogens is 3. The molecule has 4 heteroatoms. The van der Waals surface area contributed by atoms with E-state index in [2.05, 4.69) is 0 Å². The average molecular weight is 342 g/mol. The number of benzene rings is 3. The summed E-state index contributed by atoms with van der Waals surface area (Å²) in [5.41, 5.74) is -1.25. The molecule has 0 aromatic heterocycles. The van der Waals surface area contributed by atoms with Crippen LogP contribution in [0.3, 0.4) is 0 Å². The van der Waals surface area contributed by atoms with Crippen molar-refractivity contribution in [2.75, 3.05) is 0 Å². The first-order chi connectivity index (χ1) is 11.9. The molecule has 3 rings (SSSR count). The highest BCUT2D eigenvalue weighted by atomic mass is 19.4. The van der Waals surface area contributed by atoms with Crippen LogP contribution in [0.25, 0.3) is 0 Å². The molecule has 0 radical (unpaired) electrons. The van der Waals surface area contributed by atoms with Crippen LogP contribution in [0.1, 0.15) is 23.6 Å². The predicted octanol–water partition coefficient (Wildman–Crippen LogP) is 6.05. The molecule has 0 N–H and O–H groups in total. The third-order valence-electron chi connectivity index (χ3n) is 4.14. The first-order valence-electron chi connectivity index (χ1n) is 7.87. The lowest BCUT2D eigenvalue weighted by Crippen LogP contribution is -2.33. The molecule has 0 aliphatic rings. The maximum Gasteiger partial charge on any atom is 0.416 e. The van der Waals surface area contributed by atoms with E-state index in [1.54, 1.807) is 61.5 Å². The van der Waals surface area contributed by atoms with Crippen LogP contribution in [-0.2, 0) is 11.8 Å². The van der Waals surface area contributed by atoms with Crippen LogP contribution in [-0.4, -0.2) is 0 Å². The monoisotopic (exact) mass is 342 g/mol. The Balaban J connectivity index is 2.20. The van der Waals surface area contributed by atoms with Gasteiger partial charge in [-0.15, -0.1) is 0 Å². The van der Waals surface area contributed by atoms with Gasteiger partial charge < -0.3 is 4.74 Å². The molecule has 0 saturated heterocycles. The lowest BCUT2D eigenvalue weighted by molar-refractivity contribution is -0.139. The predicted molar refractivity (Wildman–Crippen MR) is 91.4 cm³/mol. The number of hydrogen-bond acceptors (Lipinski definition) is 1. The van der Waals surface area contributed by atoms with Gasteiger partial charge in [0.15, 0.2) is 5.60 Å². The molecule has 0 aliphatic carbocycles. The molecule has 128 valence electrons. The van der Waals surface area contributed by atoms with E-state index >= 15 is 0 Å². The van der Waals surface area contributed by atoms with Gasteiger partial charge >= 0.3 is 6.18 Å². The Labute approximate surface area is 144 Å². The van der Waals surface area contributed by atoms with Gasteiger partial charge in [0, 0.05) is 5.56 Å². The maximum atomic E-state index is 13.6. The van der Waals surface area contributed by atoms with Gasteiger partial charge in [-0.25, -0.2) is 0 Å². The summed E-state index contributed by atoms with van der Waals surface area (Å²) in [7, 11) is 0. The van der Waals surface area contributed by atoms with Gasteiger partial charge in [-0.1, -0.05) is 66.7 Å². The molecular formula is C21H17F3O. The molecule has 1 nitrogen and oxygen atoms in total. The van der Waals surface area contributed by atoms with Gasteiger partial charge in [-0.05, 0) is 30.7 Å². The van der Waals surface area contributed by atoms with Crippen LogP contribution in [0.5, 0.6) is 5.75 Å². The summed E-state index contributed by atoms with van der Waals surface area (Å²) in [6.45, 7) is 1.67. The molecule has 0 bridgehead atoms. The first kappa shape index (κ1) is 17.1. The summed E-state index contributed by atoms with van der Waals surface area (Å²) in [5.74, 6) is 0.505. The van der Waals surface area contributed by atoms with Crippen LogP contribution >= 0.6 is 0 Å². The Hall–Kier alpha value is -2.75. The first-order valence-corrected chi connectivity index (χ1v) is 7.87. The van der Waals surface area contributed by atoms with E-state index in [0.29, 0.717) is 11.3 Å². The molecular weight excluding hydrogens is 325 g/mol. The molecule has 3 aromatic rings. The van der Waals surface area contributed by atoms with Crippen molar-refractivity contribution in [2.45, 2.75) is 18.7 Å². The molecule has 0 saturated carbocycles. The second-order valence-electron chi connectivity index (χ2n) is 5.86. The molecule has 25 heavy (non-hydrogen) atoms.